The number of anilines is 1. The summed E-state index contributed by atoms with van der Waals surface area (Å²) in [4.78, 5) is 0. The predicted octanol–water partition coefficient (Wildman–Crippen LogP) is 2.44. The van der Waals surface area contributed by atoms with Gasteiger partial charge in [-0.3, -0.25) is 0 Å². The number of nitrogens with one attached hydrogen (secondary N) is 1. The molecule has 0 fully saturated rings. The van der Waals surface area contributed by atoms with Crippen molar-refractivity contribution in [3.63, 3.8) is 0 Å². The number of rotatable bonds is 3. The van der Waals surface area contributed by atoms with Crippen LogP contribution in [-0.2, 0) is 0 Å². The molecule has 0 radical (unpaired) electrons. The number of hydrogen-bond donors (Lipinski definition) is 2. The van der Waals surface area contributed by atoms with E-state index >= 15 is 0 Å². The molecule has 0 saturated carbocycles. The molecule has 0 aliphatic carbocycles. The van der Waals surface area contributed by atoms with E-state index in [1.165, 1.54) is 0 Å². The average Bonchev–Trinajstić information content (AvgIpc) is 2.13. The maximum atomic E-state index is 8.86. The number of aliphatic hydroxyl groups excluding tert-OH is 1. The summed E-state index contributed by atoms with van der Waals surface area (Å²) in [5.74, 6) is 0. The topological polar surface area (TPSA) is 32.3 Å². The van der Waals surface area contributed by atoms with E-state index in [4.69, 9.17) is 16.7 Å². The van der Waals surface area contributed by atoms with Crippen LogP contribution >= 0.6 is 11.6 Å². The monoisotopic (exact) mass is 199 g/mol. The molecule has 0 saturated heterocycles. The minimum Gasteiger partial charge on any atom is -0.394 e. The Kier molecular flexibility index (Phi) is 3.58. The van der Waals surface area contributed by atoms with Gasteiger partial charge in [0.05, 0.1) is 6.61 Å². The van der Waals surface area contributed by atoms with E-state index < -0.39 is 0 Å². The van der Waals surface area contributed by atoms with Gasteiger partial charge in [0.1, 0.15) is 0 Å². The van der Waals surface area contributed by atoms with Gasteiger partial charge in [-0.2, -0.15) is 0 Å². The molecule has 1 unspecified atom stereocenters. The first-order valence-corrected chi connectivity index (χ1v) is 4.65. The van der Waals surface area contributed by atoms with E-state index in [2.05, 4.69) is 5.32 Å². The van der Waals surface area contributed by atoms with E-state index in [0.717, 1.165) is 16.3 Å². The van der Waals surface area contributed by atoms with Crippen molar-refractivity contribution in [1.29, 1.82) is 0 Å². The fraction of sp³-hybridized carbons (Fsp3) is 0.400. The Morgan fingerprint density at radius 1 is 1.54 bits per heavy atom. The molecule has 0 bridgehead atoms. The van der Waals surface area contributed by atoms with Crippen LogP contribution in [0.25, 0.3) is 0 Å². The van der Waals surface area contributed by atoms with Crippen molar-refractivity contribution >= 4 is 17.3 Å². The molecule has 1 aromatic rings. The van der Waals surface area contributed by atoms with Gasteiger partial charge >= 0.3 is 0 Å². The predicted molar refractivity (Wildman–Crippen MR) is 56.4 cm³/mol. The summed E-state index contributed by atoms with van der Waals surface area (Å²) in [5.41, 5.74) is 2.00. The van der Waals surface area contributed by atoms with Gasteiger partial charge in [0.25, 0.3) is 0 Å². The molecule has 0 heterocycles. The van der Waals surface area contributed by atoms with E-state index in [1.807, 2.05) is 32.0 Å². The van der Waals surface area contributed by atoms with Crippen molar-refractivity contribution < 1.29 is 5.11 Å². The van der Waals surface area contributed by atoms with Crippen LogP contribution in [0.5, 0.6) is 0 Å². The second-order valence-corrected chi connectivity index (χ2v) is 3.55. The van der Waals surface area contributed by atoms with Crippen molar-refractivity contribution in [2.75, 3.05) is 11.9 Å². The molecule has 72 valence electrons. The van der Waals surface area contributed by atoms with Crippen LogP contribution in [-0.4, -0.2) is 17.8 Å². The minimum atomic E-state index is 0.0529. The van der Waals surface area contributed by atoms with Crippen molar-refractivity contribution in [3.05, 3.63) is 28.8 Å². The molecule has 1 rings (SSSR count). The maximum absolute atomic E-state index is 8.86. The molecule has 13 heavy (non-hydrogen) atoms. The molecular formula is C10H14ClNO. The Labute approximate surface area is 83.5 Å². The first kappa shape index (κ1) is 10.4. The first-order valence-electron chi connectivity index (χ1n) is 4.27. The Hall–Kier alpha value is -0.730. The Bertz CT molecular complexity index is 288. The molecule has 3 heteroatoms. The van der Waals surface area contributed by atoms with Crippen LogP contribution in [0.3, 0.4) is 0 Å². The fourth-order valence-corrected chi connectivity index (χ4v) is 1.25. The Morgan fingerprint density at radius 2 is 2.23 bits per heavy atom. The third-order valence-corrected chi connectivity index (χ3v) is 2.35. The van der Waals surface area contributed by atoms with Crippen LogP contribution in [0.1, 0.15) is 12.5 Å². The smallest absolute Gasteiger partial charge is 0.0630 e. The van der Waals surface area contributed by atoms with Gasteiger partial charge in [0, 0.05) is 16.8 Å². The lowest BCUT2D eigenvalue weighted by Gasteiger charge is -2.14. The van der Waals surface area contributed by atoms with E-state index in [0.29, 0.717) is 0 Å². The molecule has 2 N–H and O–H groups in total. The number of aliphatic hydroxyl groups is 1. The number of benzene rings is 1. The highest BCUT2D eigenvalue weighted by molar-refractivity contribution is 6.31. The summed E-state index contributed by atoms with van der Waals surface area (Å²) < 4.78 is 0. The molecule has 0 aliphatic rings. The summed E-state index contributed by atoms with van der Waals surface area (Å²) >= 11 is 5.94. The summed E-state index contributed by atoms with van der Waals surface area (Å²) in [5, 5.41) is 12.8. The molecule has 1 atom stereocenters. The molecule has 2 nitrogen and oxygen atoms in total. The van der Waals surface area contributed by atoms with Gasteiger partial charge in [-0.1, -0.05) is 17.7 Å². The molecular weight excluding hydrogens is 186 g/mol. The van der Waals surface area contributed by atoms with Crippen molar-refractivity contribution in [2.45, 2.75) is 19.9 Å². The molecule has 0 aliphatic heterocycles. The quantitative estimate of drug-likeness (QED) is 0.784. The lowest BCUT2D eigenvalue weighted by molar-refractivity contribution is 0.281. The zero-order valence-corrected chi connectivity index (χ0v) is 8.60. The molecule has 0 spiro atoms. The molecule has 0 amide bonds. The second-order valence-electron chi connectivity index (χ2n) is 3.14. The summed E-state index contributed by atoms with van der Waals surface area (Å²) in [6, 6.07) is 5.75. The normalized spacial score (nSPS) is 12.6. The van der Waals surface area contributed by atoms with Gasteiger partial charge in [-0.15, -0.1) is 0 Å². The molecule has 0 aromatic heterocycles. The Morgan fingerprint density at radius 3 is 2.85 bits per heavy atom. The lowest BCUT2D eigenvalue weighted by atomic mass is 10.2. The standard InChI is InChI=1S/C10H14ClNO/c1-7(6-13)12-10-5-3-4-9(11)8(10)2/h3-5,7,12-13H,6H2,1-2H3. The van der Waals surface area contributed by atoms with Crippen LogP contribution in [0, 0.1) is 6.92 Å². The highest BCUT2D eigenvalue weighted by atomic mass is 35.5. The van der Waals surface area contributed by atoms with Gasteiger partial charge in [-0.05, 0) is 31.5 Å². The lowest BCUT2D eigenvalue weighted by Crippen LogP contribution is -2.19. The Balaban J connectivity index is 2.83. The average molecular weight is 200 g/mol. The van der Waals surface area contributed by atoms with Crippen LogP contribution in [0.15, 0.2) is 18.2 Å². The zero-order valence-electron chi connectivity index (χ0n) is 7.84. The van der Waals surface area contributed by atoms with Crippen molar-refractivity contribution in [3.8, 4) is 0 Å². The first-order chi connectivity index (χ1) is 6.15. The highest BCUT2D eigenvalue weighted by Gasteiger charge is 2.04. The number of hydrogen-bond acceptors (Lipinski definition) is 2. The van der Waals surface area contributed by atoms with Gasteiger partial charge < -0.3 is 10.4 Å². The summed E-state index contributed by atoms with van der Waals surface area (Å²) in [7, 11) is 0. The maximum Gasteiger partial charge on any atom is 0.0630 e. The van der Waals surface area contributed by atoms with Gasteiger partial charge in [0.15, 0.2) is 0 Å². The fourth-order valence-electron chi connectivity index (χ4n) is 1.07. The van der Waals surface area contributed by atoms with Crippen LogP contribution < -0.4 is 5.32 Å². The van der Waals surface area contributed by atoms with E-state index in [-0.39, 0.29) is 12.6 Å². The second kappa shape index (κ2) is 4.49. The number of halogens is 1. The third-order valence-electron chi connectivity index (χ3n) is 1.94. The van der Waals surface area contributed by atoms with Gasteiger partial charge in [0.2, 0.25) is 0 Å². The summed E-state index contributed by atoms with van der Waals surface area (Å²) in [6.07, 6.45) is 0. The van der Waals surface area contributed by atoms with E-state index in [9.17, 15) is 0 Å². The third kappa shape index (κ3) is 2.61. The largest absolute Gasteiger partial charge is 0.394 e. The summed E-state index contributed by atoms with van der Waals surface area (Å²) in [6.45, 7) is 3.99. The zero-order chi connectivity index (χ0) is 9.84. The van der Waals surface area contributed by atoms with Crippen LogP contribution in [0.4, 0.5) is 5.69 Å². The van der Waals surface area contributed by atoms with E-state index in [1.54, 1.807) is 0 Å². The van der Waals surface area contributed by atoms with Crippen molar-refractivity contribution in [2.24, 2.45) is 0 Å². The van der Waals surface area contributed by atoms with Crippen LogP contribution in [0.2, 0.25) is 5.02 Å². The SMILES string of the molecule is Cc1c(Cl)cccc1NC(C)CO. The van der Waals surface area contributed by atoms with Crippen molar-refractivity contribution in [1.82, 2.24) is 0 Å². The highest BCUT2D eigenvalue weighted by Crippen LogP contribution is 2.23. The van der Waals surface area contributed by atoms with Gasteiger partial charge in [-0.25, -0.2) is 0 Å². The minimum absolute atomic E-state index is 0.0529. The molecule has 1 aromatic carbocycles.